The number of fused-ring (bicyclic) bond motifs is 1. The fourth-order valence-corrected chi connectivity index (χ4v) is 5.44. The number of aryl methyl sites for hydroxylation is 4. The lowest BCUT2D eigenvalue weighted by molar-refractivity contribution is -0.113. The Hall–Kier alpha value is -3.84. The maximum atomic E-state index is 13.7. The Morgan fingerprint density at radius 3 is 2.43 bits per heavy atom. The molecule has 0 saturated heterocycles. The lowest BCUT2D eigenvalue weighted by Gasteiger charge is -2.29. The molecule has 0 radical (unpaired) electrons. The molecule has 0 spiro atoms. The molecule has 5 rings (SSSR count). The summed E-state index contributed by atoms with van der Waals surface area (Å²) in [6, 6.07) is 22.2. The maximum Gasteiger partial charge on any atom is 0.255 e. The molecule has 0 bridgehead atoms. The minimum absolute atomic E-state index is 0.157. The van der Waals surface area contributed by atoms with Crippen LogP contribution >= 0.6 is 11.8 Å². The second-order valence-electron chi connectivity index (χ2n) is 9.63. The second-order valence-corrected chi connectivity index (χ2v) is 10.6. The lowest BCUT2D eigenvalue weighted by atomic mass is 9.94. The van der Waals surface area contributed by atoms with E-state index in [-0.39, 0.29) is 5.91 Å². The number of thioether (sulfide) groups is 1. The van der Waals surface area contributed by atoms with Crippen molar-refractivity contribution in [3.8, 4) is 0 Å². The van der Waals surface area contributed by atoms with E-state index in [1.54, 1.807) is 11.8 Å². The summed E-state index contributed by atoms with van der Waals surface area (Å²) < 4.78 is 1.84. The highest BCUT2D eigenvalue weighted by Gasteiger charge is 2.34. The topological polar surface area (TPSA) is 71.8 Å². The average molecular weight is 510 g/mol. The molecule has 188 valence electrons. The van der Waals surface area contributed by atoms with Gasteiger partial charge in [-0.1, -0.05) is 83.6 Å². The van der Waals surface area contributed by atoms with Gasteiger partial charge in [-0.05, 0) is 62.9 Å². The van der Waals surface area contributed by atoms with Gasteiger partial charge in [-0.2, -0.15) is 4.98 Å². The van der Waals surface area contributed by atoms with Crippen molar-refractivity contribution < 1.29 is 4.79 Å². The molecule has 37 heavy (non-hydrogen) atoms. The molecule has 1 aliphatic heterocycles. The first-order valence-electron chi connectivity index (χ1n) is 12.4. The predicted molar refractivity (Wildman–Crippen MR) is 151 cm³/mol. The van der Waals surface area contributed by atoms with Crippen LogP contribution in [-0.2, 0) is 10.5 Å². The monoisotopic (exact) mass is 509 g/mol. The van der Waals surface area contributed by atoms with Gasteiger partial charge in [-0.3, -0.25) is 4.79 Å². The van der Waals surface area contributed by atoms with E-state index in [2.05, 4.69) is 73.9 Å². The standard InChI is InChI=1S/C30H31N5OS/c1-18-11-14-23(15-12-18)27-26(28(36)32-25-9-7-6-8-21(25)4)22(5)31-29-33-30(34-35(27)29)37-17-24-16-19(2)10-13-20(24)3/h6-16,27H,17H2,1-5H3,(H,32,36)(H,31,33,34)/t27-/m0/s1. The number of hydrogen-bond acceptors (Lipinski definition) is 5. The second kappa shape index (κ2) is 10.3. The Morgan fingerprint density at radius 1 is 0.946 bits per heavy atom. The lowest BCUT2D eigenvalue weighted by Crippen LogP contribution is -2.31. The van der Waals surface area contributed by atoms with E-state index in [4.69, 9.17) is 10.1 Å². The molecular formula is C30H31N5OS. The number of carbonyl (C=O) groups is 1. The van der Waals surface area contributed by atoms with Gasteiger partial charge < -0.3 is 10.6 Å². The zero-order chi connectivity index (χ0) is 26.1. The quantitative estimate of drug-likeness (QED) is 0.282. The Labute approximate surface area is 222 Å². The van der Waals surface area contributed by atoms with Crippen molar-refractivity contribution in [2.45, 2.75) is 51.6 Å². The largest absolute Gasteiger partial charge is 0.328 e. The summed E-state index contributed by atoms with van der Waals surface area (Å²) in [5.74, 6) is 1.26. The maximum absolute atomic E-state index is 13.7. The number of anilines is 2. The summed E-state index contributed by atoms with van der Waals surface area (Å²) in [4.78, 5) is 18.5. The van der Waals surface area contributed by atoms with E-state index in [0.717, 1.165) is 33.8 Å². The highest BCUT2D eigenvalue weighted by molar-refractivity contribution is 7.98. The van der Waals surface area contributed by atoms with E-state index >= 15 is 0 Å². The molecule has 6 nitrogen and oxygen atoms in total. The first-order chi connectivity index (χ1) is 17.8. The van der Waals surface area contributed by atoms with Gasteiger partial charge in [-0.25, -0.2) is 4.68 Å². The third-order valence-electron chi connectivity index (χ3n) is 6.73. The summed E-state index contributed by atoms with van der Waals surface area (Å²) in [6.45, 7) is 10.2. The molecule has 0 saturated carbocycles. The van der Waals surface area contributed by atoms with Gasteiger partial charge in [-0.15, -0.1) is 5.10 Å². The van der Waals surface area contributed by atoms with E-state index in [1.165, 1.54) is 16.7 Å². The average Bonchev–Trinajstić information content (AvgIpc) is 3.28. The van der Waals surface area contributed by atoms with Crippen molar-refractivity contribution in [2.75, 3.05) is 10.6 Å². The molecule has 4 aromatic rings. The van der Waals surface area contributed by atoms with Gasteiger partial charge in [0.15, 0.2) is 0 Å². The summed E-state index contributed by atoms with van der Waals surface area (Å²) in [5, 5.41) is 12.0. The van der Waals surface area contributed by atoms with Crippen molar-refractivity contribution in [3.63, 3.8) is 0 Å². The van der Waals surface area contributed by atoms with Gasteiger partial charge in [0.1, 0.15) is 6.04 Å². The van der Waals surface area contributed by atoms with Gasteiger partial charge in [0.2, 0.25) is 11.1 Å². The van der Waals surface area contributed by atoms with Gasteiger partial charge in [0.05, 0.1) is 5.57 Å². The van der Waals surface area contributed by atoms with Crippen LogP contribution in [0.25, 0.3) is 0 Å². The molecule has 2 heterocycles. The van der Waals surface area contributed by atoms with Crippen LogP contribution in [-0.4, -0.2) is 20.7 Å². The highest BCUT2D eigenvalue weighted by atomic mass is 32.2. The van der Waals surface area contributed by atoms with Crippen LogP contribution in [0.5, 0.6) is 0 Å². The number of aromatic nitrogens is 3. The van der Waals surface area contributed by atoms with Crippen LogP contribution in [0, 0.1) is 27.7 Å². The van der Waals surface area contributed by atoms with Crippen LogP contribution in [0.1, 0.15) is 46.3 Å². The van der Waals surface area contributed by atoms with E-state index < -0.39 is 6.04 Å². The summed E-state index contributed by atoms with van der Waals surface area (Å²) >= 11 is 1.60. The smallest absolute Gasteiger partial charge is 0.255 e. The van der Waals surface area contributed by atoms with E-state index in [9.17, 15) is 4.79 Å². The van der Waals surface area contributed by atoms with Crippen molar-refractivity contribution in [3.05, 3.63) is 111 Å². The first-order valence-corrected chi connectivity index (χ1v) is 13.4. The highest BCUT2D eigenvalue weighted by Crippen LogP contribution is 2.37. The minimum atomic E-state index is -0.400. The number of amides is 1. The molecule has 1 aromatic heterocycles. The first kappa shape index (κ1) is 24.8. The molecule has 3 aromatic carbocycles. The van der Waals surface area contributed by atoms with Crippen molar-refractivity contribution in [1.82, 2.24) is 14.8 Å². The van der Waals surface area contributed by atoms with Crippen molar-refractivity contribution in [2.24, 2.45) is 0 Å². The van der Waals surface area contributed by atoms with Crippen LogP contribution < -0.4 is 10.6 Å². The van der Waals surface area contributed by atoms with Gasteiger partial charge in [0, 0.05) is 17.1 Å². The Kier molecular flexibility index (Phi) is 6.89. The number of para-hydroxylation sites is 1. The van der Waals surface area contributed by atoms with Crippen LogP contribution in [0.2, 0.25) is 0 Å². The fraction of sp³-hybridized carbons (Fsp3) is 0.233. The van der Waals surface area contributed by atoms with Gasteiger partial charge in [0.25, 0.3) is 5.91 Å². The number of nitrogens with zero attached hydrogens (tertiary/aromatic N) is 3. The SMILES string of the molecule is CC1=C(C(=O)Nc2ccccc2C)[C@H](c2ccc(C)cc2)n2nc(SCc3cc(C)ccc3C)nc2N1. The predicted octanol–water partition coefficient (Wildman–Crippen LogP) is 6.73. The fourth-order valence-electron chi connectivity index (χ4n) is 4.54. The zero-order valence-electron chi connectivity index (χ0n) is 21.8. The Morgan fingerprint density at radius 2 is 1.68 bits per heavy atom. The Bertz CT molecular complexity index is 1500. The number of hydrogen-bond donors (Lipinski definition) is 2. The third-order valence-corrected chi connectivity index (χ3v) is 7.61. The Balaban J connectivity index is 1.49. The molecule has 0 fully saturated rings. The number of benzene rings is 3. The van der Waals surface area contributed by atoms with Crippen molar-refractivity contribution in [1.29, 1.82) is 0 Å². The molecule has 7 heteroatoms. The normalized spacial score (nSPS) is 14.8. The molecule has 2 N–H and O–H groups in total. The summed E-state index contributed by atoms with van der Waals surface area (Å²) in [7, 11) is 0. The number of rotatable bonds is 6. The van der Waals surface area contributed by atoms with Crippen LogP contribution in [0.15, 0.2) is 83.2 Å². The van der Waals surface area contributed by atoms with Crippen molar-refractivity contribution >= 4 is 29.3 Å². The molecular weight excluding hydrogens is 478 g/mol. The van der Waals surface area contributed by atoms with Crippen LogP contribution in [0.3, 0.4) is 0 Å². The van der Waals surface area contributed by atoms with Gasteiger partial charge >= 0.3 is 0 Å². The molecule has 1 amide bonds. The number of carbonyl (C=O) groups excluding carboxylic acids is 1. The number of nitrogens with one attached hydrogen (secondary N) is 2. The van der Waals surface area contributed by atoms with E-state index in [1.807, 2.05) is 42.8 Å². The zero-order valence-corrected chi connectivity index (χ0v) is 22.6. The summed E-state index contributed by atoms with van der Waals surface area (Å²) in [5.41, 5.74) is 9.10. The number of allylic oxidation sites excluding steroid dienone is 1. The molecule has 0 unspecified atom stereocenters. The molecule has 1 atom stereocenters. The summed E-state index contributed by atoms with van der Waals surface area (Å²) in [6.07, 6.45) is 0. The van der Waals surface area contributed by atoms with E-state index in [0.29, 0.717) is 16.7 Å². The molecule has 0 aliphatic carbocycles. The molecule has 1 aliphatic rings. The third kappa shape index (κ3) is 5.18. The van der Waals surface area contributed by atoms with Crippen LogP contribution in [0.4, 0.5) is 11.6 Å². The minimum Gasteiger partial charge on any atom is -0.328 e.